The van der Waals surface area contributed by atoms with Gasteiger partial charge in [-0.15, -0.1) is 0 Å². The second kappa shape index (κ2) is 5.70. The highest BCUT2D eigenvalue weighted by atomic mass is 16.6. The van der Waals surface area contributed by atoms with Crippen LogP contribution in [0.4, 0.5) is 0 Å². The molecule has 1 unspecified atom stereocenters. The SMILES string of the molecule is Cn1cccc1C=NNC(=O)C1COc2ccccc2O1. The van der Waals surface area contributed by atoms with Crippen molar-refractivity contribution in [2.45, 2.75) is 6.10 Å². The molecule has 0 radical (unpaired) electrons. The lowest BCUT2D eigenvalue weighted by molar-refractivity contribution is -0.130. The highest BCUT2D eigenvalue weighted by Gasteiger charge is 2.26. The number of fused-ring (bicyclic) bond motifs is 1. The number of carbonyl (C=O) groups is 1. The lowest BCUT2D eigenvalue weighted by atomic mass is 10.2. The molecule has 21 heavy (non-hydrogen) atoms. The minimum atomic E-state index is -0.703. The molecule has 1 atom stereocenters. The van der Waals surface area contributed by atoms with E-state index < -0.39 is 6.10 Å². The molecule has 0 aliphatic carbocycles. The maximum absolute atomic E-state index is 12.0. The van der Waals surface area contributed by atoms with Crippen molar-refractivity contribution in [3.8, 4) is 11.5 Å². The Bertz CT molecular complexity index is 678. The fourth-order valence-corrected chi connectivity index (χ4v) is 1.99. The van der Waals surface area contributed by atoms with Gasteiger partial charge in [0.1, 0.15) is 6.61 Å². The molecule has 6 heteroatoms. The summed E-state index contributed by atoms with van der Waals surface area (Å²) in [7, 11) is 1.90. The third kappa shape index (κ3) is 2.89. The van der Waals surface area contributed by atoms with Gasteiger partial charge in [-0.05, 0) is 24.3 Å². The number of hydrogen-bond donors (Lipinski definition) is 1. The van der Waals surface area contributed by atoms with E-state index in [4.69, 9.17) is 9.47 Å². The van der Waals surface area contributed by atoms with Crippen LogP contribution in [0.3, 0.4) is 0 Å². The van der Waals surface area contributed by atoms with Crippen molar-refractivity contribution in [1.82, 2.24) is 9.99 Å². The molecule has 1 aromatic carbocycles. The minimum absolute atomic E-state index is 0.169. The molecule has 1 aliphatic rings. The van der Waals surface area contributed by atoms with Crippen LogP contribution in [0.2, 0.25) is 0 Å². The Morgan fingerprint density at radius 3 is 2.90 bits per heavy atom. The third-order valence-electron chi connectivity index (χ3n) is 3.16. The van der Waals surface area contributed by atoms with Gasteiger partial charge in [0.15, 0.2) is 11.5 Å². The molecule has 1 aliphatic heterocycles. The zero-order valence-electron chi connectivity index (χ0n) is 11.5. The highest BCUT2D eigenvalue weighted by Crippen LogP contribution is 2.30. The van der Waals surface area contributed by atoms with Crippen LogP contribution in [-0.2, 0) is 11.8 Å². The van der Waals surface area contributed by atoms with E-state index in [9.17, 15) is 4.79 Å². The molecule has 0 saturated heterocycles. The third-order valence-corrected chi connectivity index (χ3v) is 3.16. The van der Waals surface area contributed by atoms with E-state index in [0.717, 1.165) is 5.69 Å². The van der Waals surface area contributed by atoms with Crippen LogP contribution in [0.1, 0.15) is 5.69 Å². The van der Waals surface area contributed by atoms with Gasteiger partial charge in [-0.3, -0.25) is 4.79 Å². The number of hydrogen-bond acceptors (Lipinski definition) is 4. The first-order valence-electron chi connectivity index (χ1n) is 6.57. The number of ether oxygens (including phenoxy) is 2. The van der Waals surface area contributed by atoms with Crippen LogP contribution in [0.5, 0.6) is 11.5 Å². The van der Waals surface area contributed by atoms with Gasteiger partial charge in [-0.25, -0.2) is 5.43 Å². The first-order chi connectivity index (χ1) is 10.2. The number of amides is 1. The predicted molar refractivity (Wildman–Crippen MR) is 77.5 cm³/mol. The lowest BCUT2D eigenvalue weighted by Gasteiger charge is -2.24. The molecule has 2 aromatic rings. The van der Waals surface area contributed by atoms with Crippen molar-refractivity contribution in [1.29, 1.82) is 0 Å². The summed E-state index contributed by atoms with van der Waals surface area (Å²) in [6.45, 7) is 0.169. The fourth-order valence-electron chi connectivity index (χ4n) is 1.99. The molecule has 6 nitrogen and oxygen atoms in total. The molecular formula is C15H15N3O3. The number of benzene rings is 1. The standard InChI is InChI=1S/C15H15N3O3/c1-18-8-4-5-11(18)9-16-17-15(19)14-10-20-12-6-2-3-7-13(12)21-14/h2-9,14H,10H2,1H3,(H,17,19). The van der Waals surface area contributed by atoms with E-state index in [1.54, 1.807) is 18.3 Å². The van der Waals surface area contributed by atoms with Crippen molar-refractivity contribution >= 4 is 12.1 Å². The van der Waals surface area contributed by atoms with Crippen LogP contribution in [-0.4, -0.2) is 29.4 Å². The smallest absolute Gasteiger partial charge is 0.284 e. The van der Waals surface area contributed by atoms with E-state index in [1.165, 1.54) is 0 Å². The van der Waals surface area contributed by atoms with Gasteiger partial charge in [0.2, 0.25) is 6.10 Å². The fraction of sp³-hybridized carbons (Fsp3) is 0.200. The van der Waals surface area contributed by atoms with Crippen LogP contribution in [0, 0.1) is 0 Å². The summed E-state index contributed by atoms with van der Waals surface area (Å²) in [6.07, 6.45) is 2.78. The molecule has 1 amide bonds. The maximum Gasteiger partial charge on any atom is 0.284 e. The number of aromatic nitrogens is 1. The van der Waals surface area contributed by atoms with Crippen molar-refractivity contribution in [2.24, 2.45) is 12.1 Å². The van der Waals surface area contributed by atoms with Crippen molar-refractivity contribution < 1.29 is 14.3 Å². The van der Waals surface area contributed by atoms with Crippen molar-refractivity contribution in [3.05, 3.63) is 48.3 Å². The van der Waals surface area contributed by atoms with Gasteiger partial charge in [0.05, 0.1) is 11.9 Å². The molecule has 2 heterocycles. The molecule has 0 bridgehead atoms. The van der Waals surface area contributed by atoms with Gasteiger partial charge in [-0.2, -0.15) is 5.10 Å². The van der Waals surface area contributed by atoms with Gasteiger partial charge in [-0.1, -0.05) is 12.1 Å². The average Bonchev–Trinajstić information content (AvgIpc) is 2.92. The molecule has 1 N–H and O–H groups in total. The summed E-state index contributed by atoms with van der Waals surface area (Å²) >= 11 is 0. The number of rotatable bonds is 3. The molecule has 3 rings (SSSR count). The van der Waals surface area contributed by atoms with Crippen LogP contribution in [0.15, 0.2) is 47.7 Å². The highest BCUT2D eigenvalue weighted by molar-refractivity contribution is 5.84. The molecule has 0 fully saturated rings. The number of para-hydroxylation sites is 2. The van der Waals surface area contributed by atoms with E-state index >= 15 is 0 Å². The second-order valence-corrected chi connectivity index (χ2v) is 4.64. The number of aryl methyl sites for hydroxylation is 1. The Morgan fingerprint density at radius 1 is 1.33 bits per heavy atom. The van der Waals surface area contributed by atoms with E-state index in [1.807, 2.05) is 42.1 Å². The second-order valence-electron chi connectivity index (χ2n) is 4.64. The van der Waals surface area contributed by atoms with Crippen LogP contribution < -0.4 is 14.9 Å². The van der Waals surface area contributed by atoms with Gasteiger partial charge in [0, 0.05) is 13.2 Å². The zero-order chi connectivity index (χ0) is 14.7. The quantitative estimate of drug-likeness (QED) is 0.683. The summed E-state index contributed by atoms with van der Waals surface area (Å²) in [4.78, 5) is 12.0. The van der Waals surface area contributed by atoms with Gasteiger partial charge < -0.3 is 14.0 Å². The van der Waals surface area contributed by atoms with E-state index in [2.05, 4.69) is 10.5 Å². The van der Waals surface area contributed by atoms with Gasteiger partial charge in [0.25, 0.3) is 5.91 Å². The van der Waals surface area contributed by atoms with Crippen molar-refractivity contribution in [2.75, 3.05) is 6.61 Å². The minimum Gasteiger partial charge on any atom is -0.485 e. The largest absolute Gasteiger partial charge is 0.485 e. The Balaban J connectivity index is 1.60. The summed E-state index contributed by atoms with van der Waals surface area (Å²) in [5, 5.41) is 3.92. The Morgan fingerprint density at radius 2 is 2.14 bits per heavy atom. The normalized spacial score (nSPS) is 16.9. The first kappa shape index (κ1) is 13.2. The zero-order valence-corrected chi connectivity index (χ0v) is 11.5. The van der Waals surface area contributed by atoms with Crippen LogP contribution in [0.25, 0.3) is 0 Å². The summed E-state index contributed by atoms with van der Waals surface area (Å²) in [6, 6.07) is 11.0. The molecule has 1 aromatic heterocycles. The summed E-state index contributed by atoms with van der Waals surface area (Å²) < 4.78 is 13.0. The Labute approximate surface area is 122 Å². The monoisotopic (exact) mass is 285 g/mol. The number of hydrazone groups is 1. The Kier molecular flexibility index (Phi) is 3.59. The molecule has 0 spiro atoms. The number of nitrogens with one attached hydrogen (secondary N) is 1. The summed E-state index contributed by atoms with van der Waals surface area (Å²) in [5.74, 6) is 0.874. The van der Waals surface area contributed by atoms with Crippen LogP contribution >= 0.6 is 0 Å². The maximum atomic E-state index is 12.0. The molecular weight excluding hydrogens is 270 g/mol. The number of nitrogens with zero attached hydrogens (tertiary/aromatic N) is 2. The summed E-state index contributed by atoms with van der Waals surface area (Å²) in [5.41, 5.74) is 3.35. The average molecular weight is 285 g/mol. The topological polar surface area (TPSA) is 64.9 Å². The Hall–Kier alpha value is -2.76. The van der Waals surface area contributed by atoms with E-state index in [-0.39, 0.29) is 12.5 Å². The lowest BCUT2D eigenvalue weighted by Crippen LogP contribution is -2.42. The predicted octanol–water partition coefficient (Wildman–Crippen LogP) is 1.32. The first-order valence-corrected chi connectivity index (χ1v) is 6.57. The molecule has 108 valence electrons. The van der Waals surface area contributed by atoms with Gasteiger partial charge >= 0.3 is 0 Å². The number of carbonyl (C=O) groups excluding carboxylic acids is 1. The van der Waals surface area contributed by atoms with E-state index in [0.29, 0.717) is 11.5 Å². The molecule has 0 saturated carbocycles. The van der Waals surface area contributed by atoms with Crippen molar-refractivity contribution in [3.63, 3.8) is 0 Å².